The van der Waals surface area contributed by atoms with Crippen molar-refractivity contribution >= 4 is 6.47 Å². The maximum absolute atomic E-state index is 10.9. The lowest BCUT2D eigenvalue weighted by Crippen LogP contribution is -2.64. The Hall–Kier alpha value is -0.830. The third-order valence-corrected chi connectivity index (χ3v) is 7.98. The average Bonchev–Trinajstić information content (AvgIpc) is 2.49. The topological polar surface area (TPSA) is 35.5 Å². The van der Waals surface area contributed by atoms with Crippen LogP contribution in [-0.4, -0.2) is 23.8 Å². The van der Waals surface area contributed by atoms with Crippen molar-refractivity contribution in [2.75, 3.05) is 0 Å². The molecule has 136 valence electrons. The summed E-state index contributed by atoms with van der Waals surface area (Å²) < 4.78 is 12.1. The predicted octanol–water partition coefficient (Wildman–Crippen LogP) is 4.89. The SMILES string of the molecule is C=CC1(C)CCC2C(C)(CCC3C(C)(C)C(OC=O)CCC23C)O1. The molecule has 24 heavy (non-hydrogen) atoms. The average molecular weight is 335 g/mol. The van der Waals surface area contributed by atoms with Crippen molar-refractivity contribution < 1.29 is 14.3 Å². The Morgan fingerprint density at radius 1 is 1.00 bits per heavy atom. The van der Waals surface area contributed by atoms with Crippen LogP contribution in [0.3, 0.4) is 0 Å². The van der Waals surface area contributed by atoms with E-state index in [2.05, 4.69) is 41.2 Å². The normalized spacial score (nSPS) is 50.3. The Labute approximate surface area is 147 Å². The number of fused-ring (bicyclic) bond motifs is 3. The van der Waals surface area contributed by atoms with Crippen molar-refractivity contribution in [1.82, 2.24) is 0 Å². The maximum atomic E-state index is 10.9. The first-order valence-electron chi connectivity index (χ1n) is 9.54. The molecular weight excluding hydrogens is 300 g/mol. The third kappa shape index (κ3) is 2.46. The van der Waals surface area contributed by atoms with Gasteiger partial charge >= 0.3 is 0 Å². The molecule has 3 aliphatic rings. The molecule has 0 amide bonds. The summed E-state index contributed by atoms with van der Waals surface area (Å²) in [5.74, 6) is 1.13. The van der Waals surface area contributed by atoms with Crippen LogP contribution in [0.4, 0.5) is 0 Å². The Morgan fingerprint density at radius 2 is 1.67 bits per heavy atom. The summed E-state index contributed by atoms with van der Waals surface area (Å²) in [7, 11) is 0. The van der Waals surface area contributed by atoms with Gasteiger partial charge in [0.2, 0.25) is 0 Å². The Morgan fingerprint density at radius 3 is 2.29 bits per heavy atom. The van der Waals surface area contributed by atoms with Crippen LogP contribution in [0.1, 0.15) is 73.1 Å². The van der Waals surface area contributed by atoms with Crippen molar-refractivity contribution in [3.8, 4) is 0 Å². The molecule has 0 spiro atoms. The van der Waals surface area contributed by atoms with Gasteiger partial charge in [-0.3, -0.25) is 4.79 Å². The molecule has 0 bridgehead atoms. The van der Waals surface area contributed by atoms with Gasteiger partial charge in [0.05, 0.1) is 11.2 Å². The smallest absolute Gasteiger partial charge is 0.293 e. The third-order valence-electron chi connectivity index (χ3n) is 7.98. The van der Waals surface area contributed by atoms with Crippen LogP contribution < -0.4 is 0 Å². The second-order valence-corrected chi connectivity index (χ2v) is 9.70. The predicted molar refractivity (Wildman–Crippen MR) is 95.6 cm³/mol. The molecule has 2 aliphatic carbocycles. The molecule has 1 saturated heterocycles. The number of ether oxygens (including phenoxy) is 2. The molecule has 1 heterocycles. The summed E-state index contributed by atoms with van der Waals surface area (Å²) in [6, 6.07) is 0. The van der Waals surface area contributed by atoms with Gasteiger partial charge in [0.1, 0.15) is 6.10 Å². The highest BCUT2D eigenvalue weighted by Gasteiger charge is 2.63. The second-order valence-electron chi connectivity index (χ2n) is 9.70. The fourth-order valence-corrected chi connectivity index (χ4v) is 6.71. The molecule has 3 fully saturated rings. The van der Waals surface area contributed by atoms with E-state index in [1.165, 1.54) is 6.42 Å². The number of hydrogen-bond acceptors (Lipinski definition) is 3. The largest absolute Gasteiger partial charge is 0.464 e. The summed E-state index contributed by atoms with van der Waals surface area (Å²) in [6.07, 6.45) is 8.58. The highest BCUT2D eigenvalue weighted by atomic mass is 16.5. The number of carbonyl (C=O) groups is 1. The number of hydrogen-bond donors (Lipinski definition) is 0. The first kappa shape index (κ1) is 18.0. The van der Waals surface area contributed by atoms with E-state index in [0.717, 1.165) is 32.1 Å². The molecule has 0 radical (unpaired) electrons. The van der Waals surface area contributed by atoms with Crippen molar-refractivity contribution in [3.05, 3.63) is 12.7 Å². The molecule has 0 aromatic carbocycles. The highest BCUT2D eigenvalue weighted by molar-refractivity contribution is 5.38. The van der Waals surface area contributed by atoms with E-state index >= 15 is 0 Å². The Balaban J connectivity index is 1.92. The van der Waals surface area contributed by atoms with E-state index in [1.807, 2.05) is 6.08 Å². The molecule has 1 aliphatic heterocycles. The molecule has 0 N–H and O–H groups in total. The number of carbonyl (C=O) groups excluding carboxylic acids is 1. The van der Waals surface area contributed by atoms with E-state index in [9.17, 15) is 4.79 Å². The van der Waals surface area contributed by atoms with E-state index in [-0.39, 0.29) is 28.1 Å². The highest BCUT2D eigenvalue weighted by Crippen LogP contribution is 2.65. The van der Waals surface area contributed by atoms with Crippen LogP contribution >= 0.6 is 0 Å². The number of rotatable bonds is 3. The summed E-state index contributed by atoms with van der Waals surface area (Å²) in [6.45, 7) is 16.2. The van der Waals surface area contributed by atoms with Crippen LogP contribution in [-0.2, 0) is 14.3 Å². The second kappa shape index (κ2) is 5.59. The molecule has 3 rings (SSSR count). The molecule has 2 saturated carbocycles. The van der Waals surface area contributed by atoms with Crippen LogP contribution in [0.5, 0.6) is 0 Å². The van der Waals surface area contributed by atoms with Gasteiger partial charge in [-0.15, -0.1) is 6.58 Å². The molecule has 6 atom stereocenters. The lowest BCUT2D eigenvalue weighted by Gasteiger charge is -2.66. The quantitative estimate of drug-likeness (QED) is 0.544. The fourth-order valence-electron chi connectivity index (χ4n) is 6.71. The summed E-state index contributed by atoms with van der Waals surface area (Å²) in [4.78, 5) is 10.9. The molecule has 6 unspecified atom stereocenters. The fraction of sp³-hybridized carbons (Fsp3) is 0.857. The van der Waals surface area contributed by atoms with Crippen molar-refractivity contribution in [3.63, 3.8) is 0 Å². The van der Waals surface area contributed by atoms with Gasteiger partial charge < -0.3 is 9.47 Å². The summed E-state index contributed by atoms with van der Waals surface area (Å²) >= 11 is 0. The summed E-state index contributed by atoms with van der Waals surface area (Å²) in [5, 5.41) is 0. The van der Waals surface area contributed by atoms with Crippen molar-refractivity contribution in [1.29, 1.82) is 0 Å². The zero-order valence-corrected chi connectivity index (χ0v) is 16.1. The van der Waals surface area contributed by atoms with E-state index in [1.54, 1.807) is 0 Å². The van der Waals surface area contributed by atoms with Crippen LogP contribution in [0, 0.1) is 22.7 Å². The van der Waals surface area contributed by atoms with Crippen molar-refractivity contribution in [2.45, 2.75) is 90.4 Å². The van der Waals surface area contributed by atoms with Crippen LogP contribution in [0.2, 0.25) is 0 Å². The van der Waals surface area contributed by atoms with Crippen LogP contribution in [0.15, 0.2) is 12.7 Å². The van der Waals surface area contributed by atoms with Gasteiger partial charge in [-0.2, -0.15) is 0 Å². The van der Waals surface area contributed by atoms with Gasteiger partial charge in [0, 0.05) is 5.41 Å². The monoisotopic (exact) mass is 334 g/mol. The van der Waals surface area contributed by atoms with E-state index in [4.69, 9.17) is 9.47 Å². The first-order chi connectivity index (χ1) is 11.1. The zero-order chi connectivity index (χ0) is 17.8. The standard InChI is InChI=1S/C21H34O3/c1-7-19(4)11-8-16-20(5)12-10-17(23-14-22)18(2,3)15(20)9-13-21(16,6)24-19/h7,14-17H,1,8-13H2,2-6H3. The zero-order valence-electron chi connectivity index (χ0n) is 16.1. The van der Waals surface area contributed by atoms with Gasteiger partial charge in [0.15, 0.2) is 0 Å². The Bertz CT molecular complexity index is 527. The van der Waals surface area contributed by atoms with Gasteiger partial charge in [-0.25, -0.2) is 0 Å². The maximum Gasteiger partial charge on any atom is 0.293 e. The van der Waals surface area contributed by atoms with E-state index in [0.29, 0.717) is 18.3 Å². The molecule has 3 nitrogen and oxygen atoms in total. The summed E-state index contributed by atoms with van der Waals surface area (Å²) in [5.41, 5.74) is 0.0127. The molecule has 0 aromatic heterocycles. The lowest BCUT2D eigenvalue weighted by atomic mass is 9.44. The van der Waals surface area contributed by atoms with Crippen LogP contribution in [0.25, 0.3) is 0 Å². The minimum absolute atomic E-state index is 0.0222. The Kier molecular flexibility index (Phi) is 4.18. The van der Waals surface area contributed by atoms with Gasteiger partial charge in [-0.1, -0.05) is 26.8 Å². The minimum Gasteiger partial charge on any atom is -0.464 e. The molecule has 0 aromatic rings. The lowest BCUT2D eigenvalue weighted by molar-refractivity contribution is -0.262. The van der Waals surface area contributed by atoms with Crippen molar-refractivity contribution in [2.24, 2.45) is 22.7 Å². The van der Waals surface area contributed by atoms with Gasteiger partial charge in [-0.05, 0) is 69.6 Å². The van der Waals surface area contributed by atoms with Gasteiger partial charge in [0.25, 0.3) is 6.47 Å². The minimum atomic E-state index is -0.193. The molecular formula is C21H34O3. The molecule has 3 heteroatoms. The first-order valence-corrected chi connectivity index (χ1v) is 9.54. The van der Waals surface area contributed by atoms with E-state index < -0.39 is 0 Å².